The minimum Gasteiger partial charge on any atom is -0.480 e. The van der Waals surface area contributed by atoms with Gasteiger partial charge in [-0.25, -0.2) is 0 Å². The summed E-state index contributed by atoms with van der Waals surface area (Å²) in [6.45, 7) is 4.03. The van der Waals surface area contributed by atoms with Crippen LogP contribution in [0.2, 0.25) is 0 Å². The Morgan fingerprint density at radius 1 is 0.583 bits per heavy atom. The standard InChI is InChI=1S/C42H69NO5/c1-3-5-7-9-11-13-14-15-16-17-18-19-20-21-22-23-25-27-33-37-42(47)48-39(34-30-26-24-12-10-8-6-4-2)35-31-28-29-32-36-40(44)43-38-41(45)46/h5,7,11-13,15-16,18-19,24,30,34,39H,3-4,6,8-10,14,17,20-23,25-29,31-33,35-38H2,1-2H3,(H,43,44)(H,45,46)/b7-5-,13-11-,16-15-,19-18-,24-12-,34-30-. The van der Waals surface area contributed by atoms with E-state index in [1.165, 1.54) is 38.5 Å². The zero-order valence-corrected chi connectivity index (χ0v) is 30.6. The number of nitrogens with one attached hydrogen (secondary N) is 1. The molecule has 0 saturated heterocycles. The van der Waals surface area contributed by atoms with Crippen molar-refractivity contribution in [1.29, 1.82) is 0 Å². The molecule has 0 spiro atoms. The fourth-order valence-electron chi connectivity index (χ4n) is 5.04. The number of hydrogen-bond donors (Lipinski definition) is 2. The van der Waals surface area contributed by atoms with Gasteiger partial charge in [0.05, 0.1) is 0 Å². The van der Waals surface area contributed by atoms with Gasteiger partial charge in [-0.2, -0.15) is 0 Å². The van der Waals surface area contributed by atoms with Crippen LogP contribution in [0.1, 0.15) is 162 Å². The Balaban J connectivity index is 4.17. The Hall–Kier alpha value is -3.15. The van der Waals surface area contributed by atoms with Crippen LogP contribution in [0.25, 0.3) is 0 Å². The number of amides is 1. The number of ether oxygens (including phenoxy) is 1. The van der Waals surface area contributed by atoms with Gasteiger partial charge in [-0.15, -0.1) is 0 Å². The van der Waals surface area contributed by atoms with E-state index in [2.05, 4.69) is 86.0 Å². The monoisotopic (exact) mass is 668 g/mol. The van der Waals surface area contributed by atoms with E-state index in [1.807, 2.05) is 6.08 Å². The number of aliphatic carboxylic acids is 1. The molecule has 0 fully saturated rings. The Morgan fingerprint density at radius 3 is 1.69 bits per heavy atom. The van der Waals surface area contributed by atoms with Crippen molar-refractivity contribution < 1.29 is 24.2 Å². The van der Waals surface area contributed by atoms with Gasteiger partial charge in [-0.05, 0) is 89.5 Å². The van der Waals surface area contributed by atoms with E-state index in [1.54, 1.807) is 0 Å². The zero-order valence-electron chi connectivity index (χ0n) is 30.6. The fraction of sp³-hybridized carbons (Fsp3) is 0.643. The Labute approximate surface area is 294 Å². The molecule has 0 aromatic carbocycles. The number of carbonyl (C=O) groups is 3. The molecule has 1 amide bonds. The van der Waals surface area contributed by atoms with Gasteiger partial charge >= 0.3 is 11.9 Å². The highest BCUT2D eigenvalue weighted by Crippen LogP contribution is 2.14. The molecule has 6 heteroatoms. The van der Waals surface area contributed by atoms with Crippen LogP contribution in [-0.4, -0.2) is 35.6 Å². The highest BCUT2D eigenvalue weighted by molar-refractivity contribution is 5.80. The minimum atomic E-state index is -1.03. The van der Waals surface area contributed by atoms with Crippen LogP contribution < -0.4 is 5.32 Å². The van der Waals surface area contributed by atoms with Gasteiger partial charge in [-0.1, -0.05) is 132 Å². The van der Waals surface area contributed by atoms with Crippen molar-refractivity contribution in [2.75, 3.05) is 6.54 Å². The van der Waals surface area contributed by atoms with E-state index in [-0.39, 0.29) is 24.5 Å². The minimum absolute atomic E-state index is 0.116. The highest BCUT2D eigenvalue weighted by atomic mass is 16.5. The molecular formula is C42H69NO5. The van der Waals surface area contributed by atoms with Crippen LogP contribution >= 0.6 is 0 Å². The zero-order chi connectivity index (χ0) is 35.2. The quantitative estimate of drug-likeness (QED) is 0.0413. The maximum Gasteiger partial charge on any atom is 0.322 e. The Kier molecular flexibility index (Phi) is 34.3. The average molecular weight is 668 g/mol. The molecule has 0 aromatic heterocycles. The number of allylic oxidation sites excluding steroid dienone is 11. The number of carboxylic acid groups (broad SMARTS) is 1. The van der Waals surface area contributed by atoms with Crippen molar-refractivity contribution in [2.24, 2.45) is 0 Å². The second-order valence-corrected chi connectivity index (χ2v) is 12.4. The molecule has 1 unspecified atom stereocenters. The van der Waals surface area contributed by atoms with Crippen molar-refractivity contribution in [3.63, 3.8) is 0 Å². The van der Waals surface area contributed by atoms with Crippen LogP contribution in [0, 0.1) is 0 Å². The topological polar surface area (TPSA) is 92.7 Å². The van der Waals surface area contributed by atoms with Crippen LogP contribution in [0.15, 0.2) is 72.9 Å². The largest absolute Gasteiger partial charge is 0.480 e. The third-order valence-corrected chi connectivity index (χ3v) is 7.85. The van der Waals surface area contributed by atoms with Crippen molar-refractivity contribution in [1.82, 2.24) is 5.32 Å². The Bertz CT molecular complexity index is 959. The van der Waals surface area contributed by atoms with Gasteiger partial charge in [0.15, 0.2) is 0 Å². The van der Waals surface area contributed by atoms with Crippen molar-refractivity contribution >= 4 is 17.8 Å². The molecule has 272 valence electrons. The maximum atomic E-state index is 12.6. The van der Waals surface area contributed by atoms with Crippen molar-refractivity contribution in [3.05, 3.63) is 72.9 Å². The molecule has 6 nitrogen and oxygen atoms in total. The number of hydrogen-bond acceptors (Lipinski definition) is 4. The summed E-state index contributed by atoms with van der Waals surface area (Å²) >= 11 is 0. The van der Waals surface area contributed by atoms with E-state index >= 15 is 0 Å². The summed E-state index contributed by atoms with van der Waals surface area (Å²) < 4.78 is 5.86. The molecule has 0 heterocycles. The van der Waals surface area contributed by atoms with Crippen LogP contribution in [-0.2, 0) is 19.1 Å². The van der Waals surface area contributed by atoms with E-state index in [0.29, 0.717) is 12.8 Å². The molecular weight excluding hydrogens is 598 g/mol. The smallest absolute Gasteiger partial charge is 0.322 e. The molecule has 0 aliphatic rings. The van der Waals surface area contributed by atoms with Gasteiger partial charge in [0.2, 0.25) is 5.91 Å². The Morgan fingerprint density at radius 2 is 1.08 bits per heavy atom. The predicted octanol–water partition coefficient (Wildman–Crippen LogP) is 11.4. The number of carbonyl (C=O) groups excluding carboxylic acids is 2. The number of rotatable bonds is 33. The summed E-state index contributed by atoms with van der Waals surface area (Å²) in [5.41, 5.74) is 0. The first kappa shape index (κ1) is 44.9. The number of unbranched alkanes of at least 4 members (excludes halogenated alkanes) is 12. The summed E-state index contributed by atoms with van der Waals surface area (Å²) in [4.78, 5) is 34.9. The van der Waals surface area contributed by atoms with Gasteiger partial charge < -0.3 is 15.2 Å². The lowest BCUT2D eigenvalue weighted by Gasteiger charge is -2.14. The summed E-state index contributed by atoms with van der Waals surface area (Å²) in [5.74, 6) is -1.38. The molecule has 0 aliphatic heterocycles. The van der Waals surface area contributed by atoms with Crippen LogP contribution in [0.4, 0.5) is 0 Å². The van der Waals surface area contributed by atoms with Gasteiger partial charge in [0.25, 0.3) is 0 Å². The van der Waals surface area contributed by atoms with E-state index < -0.39 is 5.97 Å². The van der Waals surface area contributed by atoms with E-state index in [4.69, 9.17) is 9.84 Å². The predicted molar refractivity (Wildman–Crippen MR) is 203 cm³/mol. The molecule has 48 heavy (non-hydrogen) atoms. The van der Waals surface area contributed by atoms with Gasteiger partial charge in [0, 0.05) is 12.8 Å². The lowest BCUT2D eigenvalue weighted by molar-refractivity contribution is -0.147. The first-order valence-electron chi connectivity index (χ1n) is 19.1. The van der Waals surface area contributed by atoms with Crippen LogP contribution in [0.5, 0.6) is 0 Å². The fourth-order valence-corrected chi connectivity index (χ4v) is 5.04. The lowest BCUT2D eigenvalue weighted by Crippen LogP contribution is -2.28. The van der Waals surface area contributed by atoms with E-state index in [0.717, 1.165) is 96.3 Å². The third-order valence-electron chi connectivity index (χ3n) is 7.85. The number of carboxylic acids is 1. The molecule has 0 saturated carbocycles. The van der Waals surface area contributed by atoms with Gasteiger partial charge in [0.1, 0.15) is 12.6 Å². The maximum absolute atomic E-state index is 12.6. The molecule has 0 aromatic rings. The van der Waals surface area contributed by atoms with Crippen molar-refractivity contribution in [3.8, 4) is 0 Å². The molecule has 0 bridgehead atoms. The average Bonchev–Trinajstić information content (AvgIpc) is 3.07. The first-order valence-corrected chi connectivity index (χ1v) is 19.1. The normalized spacial score (nSPS) is 12.9. The molecule has 1 atom stereocenters. The number of esters is 1. The summed E-state index contributed by atoms with van der Waals surface area (Å²) in [6, 6.07) is 0. The second kappa shape index (κ2) is 36.7. The summed E-state index contributed by atoms with van der Waals surface area (Å²) in [7, 11) is 0. The third kappa shape index (κ3) is 35.7. The van der Waals surface area contributed by atoms with Crippen molar-refractivity contribution in [2.45, 2.75) is 168 Å². The van der Waals surface area contributed by atoms with E-state index in [9.17, 15) is 14.4 Å². The molecule has 0 rings (SSSR count). The molecule has 2 N–H and O–H groups in total. The van der Waals surface area contributed by atoms with Gasteiger partial charge in [-0.3, -0.25) is 14.4 Å². The molecule has 0 radical (unpaired) electrons. The van der Waals surface area contributed by atoms with Crippen LogP contribution in [0.3, 0.4) is 0 Å². The lowest BCUT2D eigenvalue weighted by atomic mass is 10.1. The second-order valence-electron chi connectivity index (χ2n) is 12.4. The summed E-state index contributed by atoms with van der Waals surface area (Å²) in [5, 5.41) is 11.0. The summed E-state index contributed by atoms with van der Waals surface area (Å²) in [6.07, 6.45) is 48.9. The highest BCUT2D eigenvalue weighted by Gasteiger charge is 2.11. The SMILES string of the molecule is CC/C=C\C/C=C\C/C=C\C/C=C\CCCCCCCCC(=O)OC(/C=C\C/C=C\CCCCC)CCCCCCC(=O)NCC(=O)O. The first-order chi connectivity index (χ1) is 23.5. The molecule has 0 aliphatic carbocycles.